The number of carbonyl (C=O) groups excluding carboxylic acids is 4. The highest BCUT2D eigenvalue weighted by molar-refractivity contribution is 6.23. The molecule has 4 aromatic rings. The topological polar surface area (TPSA) is 139 Å². The first-order valence-corrected chi connectivity index (χ1v) is 14.2. The van der Waals surface area contributed by atoms with Crippen LogP contribution in [0.25, 0.3) is 22.4 Å². The SMILES string of the molecule is Cc1cn(CCCCCCNc2ccc3c(c2)C(=O)N(C2CCC(=O)NC2=O)C3=O)nc1-c1cnc2ccccc2n1. The van der Waals surface area contributed by atoms with Gasteiger partial charge in [-0.05, 0) is 62.1 Å². The Labute approximate surface area is 242 Å². The second-order valence-electron chi connectivity index (χ2n) is 10.7. The number of aromatic nitrogens is 4. The quantitative estimate of drug-likeness (QED) is 0.218. The van der Waals surface area contributed by atoms with Crippen molar-refractivity contribution in [1.82, 2.24) is 30.0 Å². The third-order valence-corrected chi connectivity index (χ3v) is 7.72. The van der Waals surface area contributed by atoms with Crippen LogP contribution in [-0.4, -0.2) is 60.9 Å². The minimum atomic E-state index is -0.962. The number of hydrogen-bond donors (Lipinski definition) is 2. The smallest absolute Gasteiger partial charge is 0.262 e. The van der Waals surface area contributed by atoms with Gasteiger partial charge in [0.1, 0.15) is 17.4 Å². The molecule has 0 aliphatic carbocycles. The molecule has 2 aromatic carbocycles. The van der Waals surface area contributed by atoms with E-state index in [1.54, 1.807) is 24.4 Å². The van der Waals surface area contributed by atoms with Gasteiger partial charge >= 0.3 is 0 Å². The van der Waals surface area contributed by atoms with E-state index in [0.29, 0.717) is 0 Å². The van der Waals surface area contributed by atoms with Gasteiger partial charge in [-0.2, -0.15) is 5.10 Å². The maximum atomic E-state index is 13.0. The molecule has 11 heteroatoms. The highest BCUT2D eigenvalue weighted by atomic mass is 16.2. The van der Waals surface area contributed by atoms with Gasteiger partial charge in [-0.1, -0.05) is 25.0 Å². The summed E-state index contributed by atoms with van der Waals surface area (Å²) in [5.74, 6) is -2.00. The Morgan fingerprint density at radius 3 is 2.57 bits per heavy atom. The summed E-state index contributed by atoms with van der Waals surface area (Å²) in [7, 11) is 0. The maximum Gasteiger partial charge on any atom is 0.262 e. The van der Waals surface area contributed by atoms with Crippen molar-refractivity contribution in [2.45, 2.75) is 58.0 Å². The molecule has 0 saturated carbocycles. The lowest BCUT2D eigenvalue weighted by Crippen LogP contribution is -2.54. The molecule has 6 rings (SSSR count). The number of nitrogens with one attached hydrogen (secondary N) is 2. The van der Waals surface area contributed by atoms with Crippen LogP contribution in [0.2, 0.25) is 0 Å². The zero-order valence-electron chi connectivity index (χ0n) is 23.3. The number of unbranched alkanes of at least 4 members (excludes halogenated alkanes) is 3. The zero-order valence-corrected chi connectivity index (χ0v) is 23.3. The number of anilines is 1. The number of hydrogen-bond acceptors (Lipinski definition) is 8. The number of benzene rings is 2. The minimum absolute atomic E-state index is 0.0970. The summed E-state index contributed by atoms with van der Waals surface area (Å²) in [6, 6.07) is 11.9. The van der Waals surface area contributed by atoms with Gasteiger partial charge < -0.3 is 5.32 Å². The second kappa shape index (κ2) is 11.5. The predicted octanol–water partition coefficient (Wildman–Crippen LogP) is 3.88. The van der Waals surface area contributed by atoms with Crippen molar-refractivity contribution in [3.63, 3.8) is 0 Å². The van der Waals surface area contributed by atoms with Crippen LogP contribution in [-0.2, 0) is 16.1 Å². The van der Waals surface area contributed by atoms with Crippen molar-refractivity contribution in [2.75, 3.05) is 11.9 Å². The molecular weight excluding hydrogens is 534 g/mol. The number of piperidine rings is 1. The van der Waals surface area contributed by atoms with E-state index in [9.17, 15) is 19.2 Å². The molecule has 4 amide bonds. The molecule has 2 aromatic heterocycles. The fourth-order valence-corrected chi connectivity index (χ4v) is 5.53. The lowest BCUT2D eigenvalue weighted by atomic mass is 10.0. The van der Waals surface area contributed by atoms with Gasteiger partial charge in [-0.25, -0.2) is 4.98 Å². The van der Waals surface area contributed by atoms with E-state index in [2.05, 4.69) is 21.8 Å². The average Bonchev–Trinajstić information content (AvgIpc) is 3.48. The van der Waals surface area contributed by atoms with Crippen LogP contribution < -0.4 is 10.6 Å². The highest BCUT2D eigenvalue weighted by Gasteiger charge is 2.44. The van der Waals surface area contributed by atoms with Crippen molar-refractivity contribution >= 4 is 40.3 Å². The third kappa shape index (κ3) is 5.37. The van der Waals surface area contributed by atoms with E-state index in [1.165, 1.54) is 0 Å². The Hall–Kier alpha value is -4.93. The third-order valence-electron chi connectivity index (χ3n) is 7.72. The van der Waals surface area contributed by atoms with Crippen molar-refractivity contribution in [1.29, 1.82) is 0 Å². The Bertz CT molecular complexity index is 1710. The van der Waals surface area contributed by atoms with Crippen LogP contribution in [0.1, 0.15) is 64.8 Å². The molecule has 42 heavy (non-hydrogen) atoms. The molecule has 1 atom stereocenters. The van der Waals surface area contributed by atoms with Gasteiger partial charge in [0.05, 0.1) is 28.4 Å². The molecule has 2 N–H and O–H groups in total. The van der Waals surface area contributed by atoms with E-state index in [0.717, 1.165) is 77.3 Å². The molecule has 0 bridgehead atoms. The van der Waals surface area contributed by atoms with Crippen LogP contribution in [0.15, 0.2) is 54.9 Å². The number of amides is 4. The Morgan fingerprint density at radius 2 is 1.74 bits per heavy atom. The summed E-state index contributed by atoms with van der Waals surface area (Å²) >= 11 is 0. The van der Waals surface area contributed by atoms with Crippen molar-refractivity contribution in [3.8, 4) is 11.4 Å². The van der Waals surface area contributed by atoms with Gasteiger partial charge in [0, 0.05) is 31.4 Å². The molecule has 1 unspecified atom stereocenters. The van der Waals surface area contributed by atoms with Crippen LogP contribution in [0.3, 0.4) is 0 Å². The predicted molar refractivity (Wildman–Crippen MR) is 156 cm³/mol. The van der Waals surface area contributed by atoms with E-state index in [-0.39, 0.29) is 24.0 Å². The van der Waals surface area contributed by atoms with Crippen molar-refractivity contribution in [2.24, 2.45) is 0 Å². The Balaban J connectivity index is 0.959. The summed E-state index contributed by atoms with van der Waals surface area (Å²) in [6.07, 6.45) is 8.08. The minimum Gasteiger partial charge on any atom is -0.385 e. The second-order valence-corrected chi connectivity index (χ2v) is 10.7. The van der Waals surface area contributed by atoms with E-state index in [4.69, 9.17) is 10.1 Å². The molecule has 0 radical (unpaired) electrons. The summed E-state index contributed by atoms with van der Waals surface area (Å²) in [5.41, 5.74) is 5.72. The monoisotopic (exact) mass is 565 g/mol. The summed E-state index contributed by atoms with van der Waals surface area (Å²) in [6.45, 7) is 3.58. The Kier molecular flexibility index (Phi) is 7.47. The van der Waals surface area contributed by atoms with E-state index in [1.807, 2.05) is 35.9 Å². The van der Waals surface area contributed by atoms with Crippen molar-refractivity contribution in [3.05, 3.63) is 71.5 Å². The first-order chi connectivity index (χ1) is 20.4. The van der Waals surface area contributed by atoms with Gasteiger partial charge in [-0.15, -0.1) is 0 Å². The van der Waals surface area contributed by atoms with Gasteiger partial charge in [-0.3, -0.25) is 39.1 Å². The number of para-hydroxylation sites is 2. The number of rotatable bonds is 10. The summed E-state index contributed by atoms with van der Waals surface area (Å²) in [4.78, 5) is 59.8. The van der Waals surface area contributed by atoms with Crippen LogP contribution in [0.4, 0.5) is 5.69 Å². The molecule has 1 fully saturated rings. The lowest BCUT2D eigenvalue weighted by molar-refractivity contribution is -0.136. The van der Waals surface area contributed by atoms with E-state index >= 15 is 0 Å². The molecular formula is C31H31N7O4. The number of carbonyl (C=O) groups is 4. The summed E-state index contributed by atoms with van der Waals surface area (Å²) < 4.78 is 1.97. The molecule has 4 heterocycles. The molecule has 0 spiro atoms. The molecule has 2 aliphatic rings. The number of fused-ring (bicyclic) bond motifs is 2. The largest absolute Gasteiger partial charge is 0.385 e. The maximum absolute atomic E-state index is 13.0. The first-order valence-electron chi connectivity index (χ1n) is 14.2. The standard InChI is InChI=1S/C31H31N7O4/c1-19-18-37(36-28(19)25-17-33-23-8-4-5-9-24(23)34-25)15-7-3-2-6-14-32-20-10-11-21-22(16-20)31(42)38(30(21)41)26-12-13-27(39)35-29(26)40/h4-5,8-11,16-18,26,32H,2-3,6-7,12-15H2,1H3,(H,35,39,40). The van der Waals surface area contributed by atoms with Gasteiger partial charge in [0.25, 0.3) is 11.8 Å². The fraction of sp³-hybridized carbons (Fsp3) is 0.323. The number of imide groups is 2. The summed E-state index contributed by atoms with van der Waals surface area (Å²) in [5, 5.41) is 10.3. The number of nitrogens with zero attached hydrogens (tertiary/aromatic N) is 5. The normalized spacial score (nSPS) is 16.7. The zero-order chi connectivity index (χ0) is 29.2. The molecule has 1 saturated heterocycles. The average molecular weight is 566 g/mol. The van der Waals surface area contributed by atoms with Crippen LogP contribution >= 0.6 is 0 Å². The van der Waals surface area contributed by atoms with E-state index < -0.39 is 29.7 Å². The van der Waals surface area contributed by atoms with Gasteiger partial charge in [0.15, 0.2) is 0 Å². The molecule has 214 valence electrons. The van der Waals surface area contributed by atoms with Crippen LogP contribution in [0.5, 0.6) is 0 Å². The van der Waals surface area contributed by atoms with Gasteiger partial charge in [0.2, 0.25) is 11.8 Å². The highest BCUT2D eigenvalue weighted by Crippen LogP contribution is 2.29. The van der Waals surface area contributed by atoms with Crippen LogP contribution in [0, 0.1) is 6.92 Å². The van der Waals surface area contributed by atoms with Crippen molar-refractivity contribution < 1.29 is 19.2 Å². The Morgan fingerprint density at radius 1 is 0.952 bits per heavy atom. The fourth-order valence-electron chi connectivity index (χ4n) is 5.53. The molecule has 11 nitrogen and oxygen atoms in total. The first kappa shape index (κ1) is 27.3. The number of aryl methyl sites for hydroxylation is 2. The molecule has 2 aliphatic heterocycles. The lowest BCUT2D eigenvalue weighted by Gasteiger charge is -2.27.